The van der Waals surface area contributed by atoms with E-state index in [1.54, 1.807) is 0 Å². The van der Waals surface area contributed by atoms with Gasteiger partial charge in [-0.15, -0.1) is 0 Å². The van der Waals surface area contributed by atoms with Gasteiger partial charge in [0.1, 0.15) is 0 Å². The van der Waals surface area contributed by atoms with Gasteiger partial charge in [-0.05, 0) is 33.9 Å². The molecule has 0 spiro atoms. The second-order valence-electron chi connectivity index (χ2n) is 6.85. The summed E-state index contributed by atoms with van der Waals surface area (Å²) < 4.78 is 0. The van der Waals surface area contributed by atoms with E-state index in [9.17, 15) is 4.79 Å². The Morgan fingerprint density at radius 1 is 0.958 bits per heavy atom. The monoisotopic (exact) mass is 315 g/mol. The molecule has 2 heteroatoms. The molecule has 3 aromatic carbocycles. The van der Waals surface area contributed by atoms with Crippen LogP contribution in [0, 0.1) is 0 Å². The average Bonchev–Trinajstić information content (AvgIpc) is 2.61. The highest BCUT2D eigenvalue weighted by atomic mass is 16.1. The minimum Gasteiger partial charge on any atom is -0.377 e. The molecule has 24 heavy (non-hydrogen) atoms. The minimum atomic E-state index is 0.0485. The molecule has 0 unspecified atom stereocenters. The number of fused-ring (bicyclic) bond motifs is 3. The number of nitrogens with one attached hydrogen (secondary N) is 1. The van der Waals surface area contributed by atoms with Gasteiger partial charge in [0.25, 0.3) is 0 Å². The Kier molecular flexibility index (Phi) is 3.61. The fourth-order valence-electron chi connectivity index (χ4n) is 3.53. The van der Waals surface area contributed by atoms with Crippen LogP contribution in [0.5, 0.6) is 0 Å². The quantitative estimate of drug-likeness (QED) is 0.657. The lowest BCUT2D eigenvalue weighted by Gasteiger charge is -2.27. The van der Waals surface area contributed by atoms with Crippen LogP contribution in [0.2, 0.25) is 0 Å². The van der Waals surface area contributed by atoms with Crippen molar-refractivity contribution in [2.45, 2.75) is 32.2 Å². The number of Topliss-reactive ketones (excluding diaryl/α,β-unsaturated/α-hetero) is 1. The number of ketones is 1. The van der Waals surface area contributed by atoms with E-state index < -0.39 is 0 Å². The largest absolute Gasteiger partial charge is 0.377 e. The van der Waals surface area contributed by atoms with Crippen molar-refractivity contribution in [3.05, 3.63) is 77.4 Å². The van der Waals surface area contributed by atoms with Crippen molar-refractivity contribution < 1.29 is 4.79 Å². The van der Waals surface area contributed by atoms with Crippen molar-refractivity contribution in [1.82, 2.24) is 0 Å². The lowest BCUT2D eigenvalue weighted by atomic mass is 9.88. The Hall–Kier alpha value is -2.61. The maximum absolute atomic E-state index is 12.8. The summed E-state index contributed by atoms with van der Waals surface area (Å²) in [7, 11) is 0. The number of anilines is 1. The van der Waals surface area contributed by atoms with Gasteiger partial charge in [0.05, 0.1) is 6.04 Å². The maximum Gasteiger partial charge on any atom is 0.167 e. The molecule has 0 fully saturated rings. The van der Waals surface area contributed by atoms with Crippen LogP contribution in [-0.4, -0.2) is 5.78 Å². The van der Waals surface area contributed by atoms with Crippen LogP contribution >= 0.6 is 0 Å². The zero-order valence-electron chi connectivity index (χ0n) is 14.0. The lowest BCUT2D eigenvalue weighted by molar-refractivity contribution is 0.0974. The first-order valence-electron chi connectivity index (χ1n) is 8.55. The van der Waals surface area contributed by atoms with Crippen LogP contribution in [0.1, 0.15) is 53.7 Å². The highest BCUT2D eigenvalue weighted by Gasteiger charge is 2.27. The van der Waals surface area contributed by atoms with E-state index in [0.29, 0.717) is 12.3 Å². The molecular formula is C22H21NO. The molecular weight excluding hydrogens is 294 g/mol. The van der Waals surface area contributed by atoms with Crippen molar-refractivity contribution in [3.8, 4) is 0 Å². The predicted molar refractivity (Wildman–Crippen MR) is 99.8 cm³/mol. The first-order valence-corrected chi connectivity index (χ1v) is 8.55. The third-order valence-electron chi connectivity index (χ3n) is 4.93. The fourth-order valence-corrected chi connectivity index (χ4v) is 3.53. The number of carbonyl (C=O) groups is 1. The molecule has 1 atom stereocenters. The molecule has 2 nitrogen and oxygen atoms in total. The number of hydrogen-bond acceptors (Lipinski definition) is 2. The average molecular weight is 315 g/mol. The minimum absolute atomic E-state index is 0.0485. The molecule has 120 valence electrons. The van der Waals surface area contributed by atoms with E-state index in [0.717, 1.165) is 22.0 Å². The van der Waals surface area contributed by atoms with Crippen LogP contribution in [-0.2, 0) is 0 Å². The van der Waals surface area contributed by atoms with Crippen molar-refractivity contribution in [2.24, 2.45) is 0 Å². The molecule has 0 saturated heterocycles. The van der Waals surface area contributed by atoms with Crippen LogP contribution in [0.25, 0.3) is 10.8 Å². The van der Waals surface area contributed by atoms with E-state index in [1.807, 2.05) is 24.3 Å². The molecule has 0 bridgehead atoms. The van der Waals surface area contributed by atoms with Gasteiger partial charge in [0.15, 0.2) is 5.78 Å². The van der Waals surface area contributed by atoms with E-state index in [1.165, 1.54) is 11.1 Å². The summed E-state index contributed by atoms with van der Waals surface area (Å²) in [6, 6.07) is 20.9. The van der Waals surface area contributed by atoms with Crippen LogP contribution in [0.15, 0.2) is 60.7 Å². The summed E-state index contributed by atoms with van der Waals surface area (Å²) >= 11 is 0. The summed E-state index contributed by atoms with van der Waals surface area (Å²) in [6.07, 6.45) is 0.502. The summed E-state index contributed by atoms with van der Waals surface area (Å²) in [5, 5.41) is 5.72. The van der Waals surface area contributed by atoms with Crippen LogP contribution < -0.4 is 5.32 Å². The Balaban J connectivity index is 1.71. The van der Waals surface area contributed by atoms with E-state index >= 15 is 0 Å². The topological polar surface area (TPSA) is 29.1 Å². The summed E-state index contributed by atoms with van der Waals surface area (Å²) in [5.41, 5.74) is 4.28. The Labute approximate surface area is 142 Å². The van der Waals surface area contributed by atoms with Crippen molar-refractivity contribution in [2.75, 3.05) is 5.32 Å². The third-order valence-corrected chi connectivity index (χ3v) is 4.93. The second kappa shape index (κ2) is 5.79. The van der Waals surface area contributed by atoms with Gasteiger partial charge in [0.2, 0.25) is 0 Å². The predicted octanol–water partition coefficient (Wildman–Crippen LogP) is 5.70. The molecule has 1 aliphatic rings. The molecule has 0 radical (unpaired) electrons. The maximum atomic E-state index is 12.8. The molecule has 0 aromatic heterocycles. The van der Waals surface area contributed by atoms with Gasteiger partial charge >= 0.3 is 0 Å². The zero-order valence-corrected chi connectivity index (χ0v) is 14.0. The fraction of sp³-hybridized carbons (Fsp3) is 0.227. The van der Waals surface area contributed by atoms with Crippen LogP contribution in [0.3, 0.4) is 0 Å². The van der Waals surface area contributed by atoms with Crippen molar-refractivity contribution in [3.63, 3.8) is 0 Å². The molecule has 0 amide bonds. The first kappa shape index (κ1) is 14.9. The Morgan fingerprint density at radius 3 is 2.46 bits per heavy atom. The Bertz CT molecular complexity index is 909. The van der Waals surface area contributed by atoms with Gasteiger partial charge in [0, 0.05) is 17.7 Å². The summed E-state index contributed by atoms with van der Waals surface area (Å²) in [5.74, 6) is 0.741. The number of rotatable bonds is 2. The van der Waals surface area contributed by atoms with Crippen LogP contribution in [0.4, 0.5) is 5.69 Å². The molecule has 0 aliphatic carbocycles. The van der Waals surface area contributed by atoms with Gasteiger partial charge < -0.3 is 5.32 Å². The third kappa shape index (κ3) is 2.48. The van der Waals surface area contributed by atoms with E-state index in [-0.39, 0.29) is 11.8 Å². The second-order valence-corrected chi connectivity index (χ2v) is 6.85. The van der Waals surface area contributed by atoms with Gasteiger partial charge in [-0.2, -0.15) is 0 Å². The number of benzene rings is 3. The Morgan fingerprint density at radius 2 is 1.71 bits per heavy atom. The van der Waals surface area contributed by atoms with Crippen molar-refractivity contribution in [1.29, 1.82) is 0 Å². The van der Waals surface area contributed by atoms with Gasteiger partial charge in [-0.1, -0.05) is 68.4 Å². The van der Waals surface area contributed by atoms with Gasteiger partial charge in [-0.25, -0.2) is 0 Å². The lowest BCUT2D eigenvalue weighted by Crippen LogP contribution is -2.23. The van der Waals surface area contributed by atoms with Crippen molar-refractivity contribution >= 4 is 22.2 Å². The van der Waals surface area contributed by atoms with E-state index in [2.05, 4.69) is 55.6 Å². The number of carbonyl (C=O) groups excluding carboxylic acids is 1. The molecule has 1 aliphatic heterocycles. The first-order chi connectivity index (χ1) is 11.6. The highest BCUT2D eigenvalue weighted by molar-refractivity contribution is 6.14. The molecule has 3 aromatic rings. The summed E-state index contributed by atoms with van der Waals surface area (Å²) in [4.78, 5) is 12.8. The normalized spacial score (nSPS) is 17.0. The molecule has 4 rings (SSSR count). The smallest absolute Gasteiger partial charge is 0.167 e. The molecule has 1 N–H and O–H groups in total. The summed E-state index contributed by atoms with van der Waals surface area (Å²) in [6.45, 7) is 4.39. The van der Waals surface area contributed by atoms with E-state index in [4.69, 9.17) is 0 Å². The molecule has 1 heterocycles. The zero-order chi connectivity index (χ0) is 16.7. The molecule has 0 saturated carbocycles. The standard InChI is InChI=1S/C22H21NO/c1-14(2)15-7-9-17(10-8-15)20-13-21(24)22-18-6-4-3-5-16(18)11-12-19(22)23-20/h3-12,14,20,23H,13H2,1-2H3/t20-/m0/s1. The SMILES string of the molecule is CC(C)c1ccc([C@@H]2CC(=O)c3c(ccc4ccccc34)N2)cc1. The highest BCUT2D eigenvalue weighted by Crippen LogP contribution is 2.36. The van der Waals surface area contributed by atoms with Gasteiger partial charge in [-0.3, -0.25) is 4.79 Å². The number of hydrogen-bond donors (Lipinski definition) is 1.